The molecule has 1 saturated heterocycles. The largest absolute Gasteiger partial charge is 0.465 e. The molecule has 1 aromatic heterocycles. The first-order valence-corrected chi connectivity index (χ1v) is 9.61. The van der Waals surface area contributed by atoms with Crippen molar-refractivity contribution in [2.75, 3.05) is 17.4 Å². The minimum atomic E-state index is -2.93. The number of thiol groups is 1. The molecule has 0 atom stereocenters. The second-order valence-corrected chi connectivity index (χ2v) is 7.22. The average Bonchev–Trinajstić information content (AvgIpc) is 2.64. The Morgan fingerprint density at radius 2 is 1.92 bits per heavy atom. The highest BCUT2D eigenvalue weighted by molar-refractivity contribution is 7.74. The summed E-state index contributed by atoms with van der Waals surface area (Å²) in [7, 11) is -2.93. The molecule has 2 heterocycles. The van der Waals surface area contributed by atoms with Gasteiger partial charge in [0.1, 0.15) is 0 Å². The number of likely N-dealkylation sites (tertiary alicyclic amines) is 1. The minimum Gasteiger partial charge on any atom is -0.465 e. The van der Waals surface area contributed by atoms with Crippen molar-refractivity contribution in [1.82, 2.24) is 9.88 Å². The highest BCUT2D eigenvalue weighted by Gasteiger charge is 2.30. The van der Waals surface area contributed by atoms with E-state index in [0.717, 1.165) is 0 Å². The summed E-state index contributed by atoms with van der Waals surface area (Å²) in [5.74, 6) is 0. The summed E-state index contributed by atoms with van der Waals surface area (Å²) in [4.78, 5) is 16.6. The molecule has 26 heavy (non-hydrogen) atoms. The average molecular weight is 396 g/mol. The van der Waals surface area contributed by atoms with Gasteiger partial charge in [0.05, 0.1) is 16.4 Å². The van der Waals surface area contributed by atoms with E-state index in [1.54, 1.807) is 36.5 Å². The Morgan fingerprint density at radius 1 is 1.19 bits per heavy atom. The number of carboxylic acid groups (broad SMARTS) is 1. The van der Waals surface area contributed by atoms with Gasteiger partial charge in [0, 0.05) is 30.9 Å². The highest BCUT2D eigenvalue weighted by Crippen LogP contribution is 2.37. The van der Waals surface area contributed by atoms with E-state index in [1.165, 1.54) is 9.21 Å². The van der Waals surface area contributed by atoms with Crippen LogP contribution in [0.25, 0.3) is 11.3 Å². The lowest BCUT2D eigenvalue weighted by molar-refractivity contribution is 0.133. The van der Waals surface area contributed by atoms with Gasteiger partial charge in [-0.3, -0.25) is 9.29 Å². The molecule has 2 aromatic rings. The summed E-state index contributed by atoms with van der Waals surface area (Å²) in [6, 6.07) is 10.3. The van der Waals surface area contributed by atoms with E-state index < -0.39 is 17.0 Å². The lowest BCUT2D eigenvalue weighted by atomic mass is 10.0. The van der Waals surface area contributed by atoms with Gasteiger partial charge in [-0.2, -0.15) is 0 Å². The van der Waals surface area contributed by atoms with Gasteiger partial charge in [-0.25, -0.2) is 13.2 Å². The highest BCUT2D eigenvalue weighted by atomic mass is 35.5. The summed E-state index contributed by atoms with van der Waals surface area (Å²) < 4.78 is 25.2. The Bertz CT molecular complexity index is 860. The van der Waals surface area contributed by atoms with E-state index in [-0.39, 0.29) is 19.1 Å². The maximum absolute atomic E-state index is 12.0. The van der Waals surface area contributed by atoms with Crippen LogP contribution >= 0.6 is 11.6 Å². The lowest BCUT2D eigenvalue weighted by Gasteiger charge is -2.35. The minimum absolute atomic E-state index is 0.289. The summed E-state index contributed by atoms with van der Waals surface area (Å²) in [6.07, 6.45) is 1.49. The molecule has 0 radical (unpaired) electrons. The van der Waals surface area contributed by atoms with Crippen LogP contribution in [-0.2, 0) is 10.9 Å². The van der Waals surface area contributed by atoms with Crippen LogP contribution in [0.3, 0.4) is 0 Å². The van der Waals surface area contributed by atoms with E-state index in [1.807, 2.05) is 6.07 Å². The molecule has 0 spiro atoms. The van der Waals surface area contributed by atoms with E-state index >= 15 is 0 Å². The van der Waals surface area contributed by atoms with Crippen LogP contribution < -0.4 is 4.31 Å². The van der Waals surface area contributed by atoms with Gasteiger partial charge in [-0.05, 0) is 31.0 Å². The first-order valence-electron chi connectivity index (χ1n) is 8.10. The van der Waals surface area contributed by atoms with Gasteiger partial charge in [0.2, 0.25) is 10.9 Å². The predicted molar refractivity (Wildman–Crippen MR) is 100 cm³/mol. The molecule has 138 valence electrons. The Morgan fingerprint density at radius 3 is 2.50 bits per heavy atom. The molecule has 1 fully saturated rings. The van der Waals surface area contributed by atoms with Crippen LogP contribution in [0.1, 0.15) is 12.8 Å². The topological polar surface area (TPSA) is 90.8 Å². The maximum Gasteiger partial charge on any atom is 0.407 e. The Labute approximate surface area is 157 Å². The molecule has 1 aromatic carbocycles. The molecule has 1 aliphatic heterocycles. The lowest BCUT2D eigenvalue weighted by Crippen LogP contribution is -2.46. The van der Waals surface area contributed by atoms with Crippen LogP contribution in [-0.4, -0.2) is 48.6 Å². The van der Waals surface area contributed by atoms with Gasteiger partial charge in [-0.1, -0.05) is 29.8 Å². The third-order valence-electron chi connectivity index (χ3n) is 4.42. The van der Waals surface area contributed by atoms with E-state index in [0.29, 0.717) is 34.8 Å². The molecule has 9 heteroatoms. The molecule has 1 aliphatic rings. The van der Waals surface area contributed by atoms with Crippen LogP contribution in [0, 0.1) is 0 Å². The summed E-state index contributed by atoms with van der Waals surface area (Å²) in [5, 5.41) is 9.37. The van der Waals surface area contributed by atoms with Crippen molar-refractivity contribution in [1.29, 1.82) is 0 Å². The van der Waals surface area contributed by atoms with Gasteiger partial charge in [-0.15, -0.1) is 0 Å². The third-order valence-corrected chi connectivity index (χ3v) is 5.71. The van der Waals surface area contributed by atoms with E-state index in [4.69, 9.17) is 16.7 Å². The van der Waals surface area contributed by atoms with Crippen molar-refractivity contribution < 1.29 is 18.3 Å². The number of halogens is 1. The second-order valence-electron chi connectivity index (χ2n) is 5.94. The van der Waals surface area contributed by atoms with Crippen LogP contribution in [0.15, 0.2) is 42.6 Å². The fraction of sp³-hybridized carbons (Fsp3) is 0.294. The molecule has 0 bridgehead atoms. The number of benzene rings is 1. The zero-order valence-electron chi connectivity index (χ0n) is 13.8. The third kappa shape index (κ3) is 3.76. The van der Waals surface area contributed by atoms with Crippen LogP contribution in [0.4, 0.5) is 10.5 Å². The molecule has 1 amide bonds. The molecule has 0 saturated carbocycles. The van der Waals surface area contributed by atoms with Gasteiger partial charge >= 0.3 is 6.09 Å². The number of rotatable bonds is 4. The molecule has 1 N–H and O–H groups in total. The Kier molecular flexibility index (Phi) is 5.63. The molecular formula is C17H18ClN3O4S. The number of amides is 1. The normalized spacial score (nSPS) is 15.2. The van der Waals surface area contributed by atoms with Crippen molar-refractivity contribution >= 4 is 34.3 Å². The predicted octanol–water partition coefficient (Wildman–Crippen LogP) is 2.88. The Hall–Kier alpha value is -2.32. The summed E-state index contributed by atoms with van der Waals surface area (Å²) in [5.41, 5.74) is 1.69. The standard InChI is InChI=1S/C17H18ClN3O4S/c18-16-13(14-5-1-2-9-19-14)4-3-6-15(16)21(26(24)25)12-7-10-20(11-8-12)17(22)23/h1-6,9,12,26H,7-8,10-11H2,(H,22,23). The van der Waals surface area contributed by atoms with E-state index in [9.17, 15) is 13.2 Å². The van der Waals surface area contributed by atoms with Crippen molar-refractivity contribution in [2.24, 2.45) is 0 Å². The molecule has 3 rings (SSSR count). The fourth-order valence-electron chi connectivity index (χ4n) is 3.14. The number of anilines is 1. The van der Waals surface area contributed by atoms with Crippen LogP contribution in [0.5, 0.6) is 0 Å². The number of nitrogens with zero attached hydrogens (tertiary/aromatic N) is 3. The number of hydrogen-bond acceptors (Lipinski definition) is 4. The number of aromatic nitrogens is 1. The first-order chi connectivity index (χ1) is 12.5. The zero-order valence-corrected chi connectivity index (χ0v) is 15.4. The van der Waals surface area contributed by atoms with Gasteiger partial charge < -0.3 is 10.0 Å². The number of pyridine rings is 1. The number of hydrogen-bond donors (Lipinski definition) is 2. The van der Waals surface area contributed by atoms with Crippen molar-refractivity contribution in [3.63, 3.8) is 0 Å². The van der Waals surface area contributed by atoms with Gasteiger partial charge in [0.15, 0.2) is 0 Å². The Balaban J connectivity index is 1.94. The van der Waals surface area contributed by atoms with Crippen molar-refractivity contribution in [3.8, 4) is 11.3 Å². The second kappa shape index (κ2) is 7.92. The summed E-state index contributed by atoms with van der Waals surface area (Å²) >= 11 is 6.53. The quantitative estimate of drug-likeness (QED) is 0.777. The molecule has 0 unspecified atom stereocenters. The smallest absolute Gasteiger partial charge is 0.407 e. The summed E-state index contributed by atoms with van der Waals surface area (Å²) in [6.45, 7) is 0.578. The van der Waals surface area contributed by atoms with Crippen molar-refractivity contribution in [2.45, 2.75) is 18.9 Å². The molecule has 7 nitrogen and oxygen atoms in total. The zero-order chi connectivity index (χ0) is 18.7. The maximum atomic E-state index is 12.0. The molecule has 0 aliphatic carbocycles. The van der Waals surface area contributed by atoms with E-state index in [2.05, 4.69) is 4.98 Å². The fourth-order valence-corrected chi connectivity index (χ4v) is 4.35. The molecular weight excluding hydrogens is 378 g/mol. The first kappa shape index (κ1) is 18.5. The number of piperidine rings is 1. The number of carbonyl (C=O) groups is 1. The van der Waals surface area contributed by atoms with Gasteiger partial charge in [0.25, 0.3) is 0 Å². The van der Waals surface area contributed by atoms with Crippen molar-refractivity contribution in [3.05, 3.63) is 47.6 Å². The monoisotopic (exact) mass is 395 g/mol. The van der Waals surface area contributed by atoms with Crippen LogP contribution in [0.2, 0.25) is 5.02 Å². The SMILES string of the molecule is O=C(O)N1CCC(N(c2cccc(-c3ccccn3)c2Cl)[SH](=O)=O)CC1.